The molecular weight excluding hydrogens is 272 g/mol. The number of nitrogens with zero attached hydrogens (tertiary/aromatic N) is 2. The molecule has 0 saturated heterocycles. The van der Waals surface area contributed by atoms with Crippen LogP contribution in [-0.4, -0.2) is 34.1 Å². The van der Waals surface area contributed by atoms with E-state index >= 15 is 0 Å². The first kappa shape index (κ1) is 14.9. The van der Waals surface area contributed by atoms with Crippen LogP contribution in [0.15, 0.2) is 35.7 Å². The van der Waals surface area contributed by atoms with Gasteiger partial charge in [0.1, 0.15) is 12.1 Å². The largest absolute Gasteiger partial charge is 0.497 e. The number of thioether (sulfide) groups is 1. The molecule has 0 fully saturated rings. The normalized spacial score (nSPS) is 13.9. The molecule has 0 bridgehead atoms. The van der Waals surface area contributed by atoms with Crippen molar-refractivity contribution in [2.75, 3.05) is 13.7 Å². The molecule has 0 amide bonds. The number of rotatable bonds is 7. The highest BCUT2D eigenvalue weighted by Gasteiger charge is 2.20. The van der Waals surface area contributed by atoms with E-state index in [0.717, 1.165) is 17.5 Å². The first-order valence-corrected chi connectivity index (χ1v) is 7.52. The van der Waals surface area contributed by atoms with Crippen LogP contribution < -0.4 is 10.1 Å². The minimum absolute atomic E-state index is 0.251. The van der Waals surface area contributed by atoms with E-state index in [4.69, 9.17) is 4.74 Å². The number of H-pyrrole nitrogens is 1. The Kier molecular flexibility index (Phi) is 5.43. The van der Waals surface area contributed by atoms with Crippen LogP contribution >= 0.6 is 11.8 Å². The number of nitrogens with one attached hydrogen (secondary N) is 2. The van der Waals surface area contributed by atoms with E-state index in [9.17, 15) is 0 Å². The zero-order chi connectivity index (χ0) is 14.4. The van der Waals surface area contributed by atoms with Gasteiger partial charge in [-0.15, -0.1) is 0 Å². The molecule has 2 aromatic rings. The third-order valence-electron chi connectivity index (χ3n) is 3.06. The zero-order valence-corrected chi connectivity index (χ0v) is 12.8. The van der Waals surface area contributed by atoms with Gasteiger partial charge in [0.25, 0.3) is 0 Å². The summed E-state index contributed by atoms with van der Waals surface area (Å²) in [7, 11) is 1.68. The summed E-state index contributed by atoms with van der Waals surface area (Å²) in [6.45, 7) is 5.21. The van der Waals surface area contributed by atoms with Crippen molar-refractivity contribution >= 4 is 11.8 Å². The molecule has 0 spiro atoms. The molecule has 5 nitrogen and oxygen atoms in total. The van der Waals surface area contributed by atoms with Crippen molar-refractivity contribution in [1.29, 1.82) is 0 Å². The molecule has 1 heterocycles. The number of aromatic amines is 1. The second kappa shape index (κ2) is 7.31. The molecule has 0 radical (unpaired) electrons. The van der Waals surface area contributed by atoms with Crippen molar-refractivity contribution < 1.29 is 4.74 Å². The molecule has 0 aliphatic rings. The predicted molar refractivity (Wildman–Crippen MR) is 81.1 cm³/mol. The Morgan fingerprint density at radius 1 is 1.35 bits per heavy atom. The third kappa shape index (κ3) is 3.74. The summed E-state index contributed by atoms with van der Waals surface area (Å²) in [6.07, 6.45) is 1.53. The molecule has 108 valence electrons. The minimum atomic E-state index is 0.251. The summed E-state index contributed by atoms with van der Waals surface area (Å²) in [5, 5.41) is 11.5. The number of benzene rings is 1. The van der Waals surface area contributed by atoms with Crippen LogP contribution in [0.1, 0.15) is 25.5 Å². The summed E-state index contributed by atoms with van der Waals surface area (Å²) < 4.78 is 5.21. The molecule has 6 heteroatoms. The summed E-state index contributed by atoms with van der Waals surface area (Å²) in [6, 6.07) is 8.44. The highest BCUT2D eigenvalue weighted by molar-refractivity contribution is 7.99. The summed E-state index contributed by atoms with van der Waals surface area (Å²) in [4.78, 5) is 4.17. The van der Waals surface area contributed by atoms with Crippen LogP contribution in [0.25, 0.3) is 0 Å². The number of hydrogen-bond acceptors (Lipinski definition) is 5. The molecule has 1 aromatic heterocycles. The summed E-state index contributed by atoms with van der Waals surface area (Å²) in [5.74, 6) is 0.875. The smallest absolute Gasteiger partial charge is 0.183 e. The van der Waals surface area contributed by atoms with E-state index in [1.165, 1.54) is 11.9 Å². The first-order chi connectivity index (χ1) is 9.74. The Labute approximate surface area is 123 Å². The van der Waals surface area contributed by atoms with Gasteiger partial charge >= 0.3 is 0 Å². The van der Waals surface area contributed by atoms with E-state index < -0.39 is 0 Å². The molecule has 20 heavy (non-hydrogen) atoms. The minimum Gasteiger partial charge on any atom is -0.497 e. The maximum absolute atomic E-state index is 5.21. The van der Waals surface area contributed by atoms with Crippen molar-refractivity contribution in [3.8, 4) is 5.75 Å². The van der Waals surface area contributed by atoms with E-state index in [0.29, 0.717) is 5.25 Å². The van der Waals surface area contributed by atoms with Crippen LogP contribution in [0.3, 0.4) is 0 Å². The topological polar surface area (TPSA) is 62.8 Å². The fourth-order valence-electron chi connectivity index (χ4n) is 2.08. The quantitative estimate of drug-likeness (QED) is 0.768. The van der Waals surface area contributed by atoms with Crippen molar-refractivity contribution in [2.24, 2.45) is 0 Å². The number of methoxy groups -OCH3 is 1. The number of hydrogen-bond donors (Lipinski definition) is 2. The van der Waals surface area contributed by atoms with Gasteiger partial charge in [0.15, 0.2) is 5.16 Å². The maximum atomic E-state index is 5.21. The van der Waals surface area contributed by atoms with E-state index in [2.05, 4.69) is 46.5 Å². The van der Waals surface area contributed by atoms with E-state index in [1.807, 2.05) is 12.1 Å². The van der Waals surface area contributed by atoms with Crippen molar-refractivity contribution in [3.63, 3.8) is 0 Å². The molecule has 0 aliphatic heterocycles. The SMILES string of the molecule is CCNC(c1ccc(OC)cc1)C(C)Sc1ncn[nH]1. The van der Waals surface area contributed by atoms with Crippen molar-refractivity contribution in [2.45, 2.75) is 30.3 Å². The van der Waals surface area contributed by atoms with Crippen LogP contribution in [0.5, 0.6) is 5.75 Å². The summed E-state index contributed by atoms with van der Waals surface area (Å²) >= 11 is 1.68. The molecule has 0 saturated carbocycles. The standard InChI is InChI=1S/C14H20N4OS/c1-4-15-13(10(2)20-14-16-9-17-18-14)11-5-7-12(19-3)8-6-11/h5-10,13,15H,4H2,1-3H3,(H,16,17,18). The number of aromatic nitrogens is 3. The molecule has 2 unspecified atom stereocenters. The Bertz CT molecular complexity index is 500. The first-order valence-electron chi connectivity index (χ1n) is 6.64. The number of ether oxygens (including phenoxy) is 1. The highest BCUT2D eigenvalue weighted by Crippen LogP contribution is 2.30. The highest BCUT2D eigenvalue weighted by atomic mass is 32.2. The predicted octanol–water partition coefficient (Wildman–Crippen LogP) is 2.64. The fraction of sp³-hybridized carbons (Fsp3) is 0.429. The lowest BCUT2D eigenvalue weighted by atomic mass is 10.0. The van der Waals surface area contributed by atoms with Crippen LogP contribution in [-0.2, 0) is 0 Å². The molecule has 2 N–H and O–H groups in total. The monoisotopic (exact) mass is 292 g/mol. The van der Waals surface area contributed by atoms with Crippen molar-refractivity contribution in [1.82, 2.24) is 20.5 Å². The Balaban J connectivity index is 2.11. The lowest BCUT2D eigenvalue weighted by molar-refractivity contribution is 0.414. The average Bonchev–Trinajstić information content (AvgIpc) is 2.97. The van der Waals surface area contributed by atoms with Crippen LogP contribution in [0.4, 0.5) is 0 Å². The average molecular weight is 292 g/mol. The van der Waals surface area contributed by atoms with Crippen LogP contribution in [0.2, 0.25) is 0 Å². The van der Waals surface area contributed by atoms with E-state index in [-0.39, 0.29) is 6.04 Å². The van der Waals surface area contributed by atoms with Crippen molar-refractivity contribution in [3.05, 3.63) is 36.2 Å². The molecule has 2 atom stereocenters. The van der Waals surface area contributed by atoms with Crippen LogP contribution in [0, 0.1) is 0 Å². The molecular formula is C14H20N4OS. The lowest BCUT2D eigenvalue weighted by Gasteiger charge is -2.24. The van der Waals surface area contributed by atoms with Gasteiger partial charge in [0, 0.05) is 11.3 Å². The lowest BCUT2D eigenvalue weighted by Crippen LogP contribution is -2.28. The molecule has 1 aromatic carbocycles. The van der Waals surface area contributed by atoms with Gasteiger partial charge in [-0.1, -0.05) is 37.7 Å². The Morgan fingerprint density at radius 3 is 2.65 bits per heavy atom. The Hall–Kier alpha value is -1.53. The fourth-order valence-corrected chi connectivity index (χ4v) is 3.04. The zero-order valence-electron chi connectivity index (χ0n) is 12.0. The van der Waals surface area contributed by atoms with Gasteiger partial charge in [0.2, 0.25) is 0 Å². The second-order valence-corrected chi connectivity index (χ2v) is 5.79. The van der Waals surface area contributed by atoms with Gasteiger partial charge < -0.3 is 10.1 Å². The van der Waals surface area contributed by atoms with Gasteiger partial charge in [-0.05, 0) is 24.2 Å². The molecule has 0 aliphatic carbocycles. The Morgan fingerprint density at radius 2 is 2.10 bits per heavy atom. The van der Waals surface area contributed by atoms with Gasteiger partial charge in [-0.2, -0.15) is 5.10 Å². The van der Waals surface area contributed by atoms with Gasteiger partial charge in [-0.3, -0.25) is 5.10 Å². The van der Waals surface area contributed by atoms with Gasteiger partial charge in [-0.25, -0.2) is 4.98 Å². The molecule has 2 rings (SSSR count). The second-order valence-electron chi connectivity index (χ2n) is 4.42. The summed E-state index contributed by atoms with van der Waals surface area (Å²) in [5.41, 5.74) is 1.24. The third-order valence-corrected chi connectivity index (χ3v) is 4.12. The van der Waals surface area contributed by atoms with Gasteiger partial charge in [0.05, 0.1) is 7.11 Å². The maximum Gasteiger partial charge on any atom is 0.183 e. The van der Waals surface area contributed by atoms with E-state index in [1.54, 1.807) is 18.9 Å².